The highest BCUT2D eigenvalue weighted by molar-refractivity contribution is 14.0. The number of aliphatic imine (C=N–C) groups is 1. The third kappa shape index (κ3) is 8.59. The first kappa shape index (κ1) is 27.0. The van der Waals surface area contributed by atoms with Gasteiger partial charge >= 0.3 is 0 Å². The van der Waals surface area contributed by atoms with Gasteiger partial charge in [-0.3, -0.25) is 9.79 Å². The van der Waals surface area contributed by atoms with Crippen LogP contribution in [-0.2, 0) is 9.53 Å². The molecule has 1 aliphatic rings. The number of ether oxygens (including phenoxy) is 1. The molecule has 8 heteroatoms. The van der Waals surface area contributed by atoms with Gasteiger partial charge in [-0.05, 0) is 56.2 Å². The van der Waals surface area contributed by atoms with Gasteiger partial charge in [-0.1, -0.05) is 30.5 Å². The van der Waals surface area contributed by atoms with Gasteiger partial charge < -0.3 is 20.7 Å². The second-order valence-electron chi connectivity index (χ2n) is 7.72. The second-order valence-corrected chi connectivity index (χ2v) is 8.12. The van der Waals surface area contributed by atoms with Crippen LogP contribution >= 0.6 is 35.6 Å². The number of halogens is 2. The summed E-state index contributed by atoms with van der Waals surface area (Å²) in [5.41, 5.74) is 1.92. The summed E-state index contributed by atoms with van der Waals surface area (Å²) >= 11 is 6.11. The number of guanidine groups is 1. The van der Waals surface area contributed by atoms with Crippen molar-refractivity contribution in [1.82, 2.24) is 10.6 Å². The average molecular weight is 551 g/mol. The highest BCUT2D eigenvalue weighted by Crippen LogP contribution is 2.40. The van der Waals surface area contributed by atoms with Crippen LogP contribution in [0.4, 0.5) is 5.69 Å². The van der Waals surface area contributed by atoms with Gasteiger partial charge in [0.05, 0.1) is 0 Å². The van der Waals surface area contributed by atoms with E-state index in [1.165, 1.54) is 25.7 Å². The normalized spacial score (nSPS) is 15.4. The zero-order valence-electron chi connectivity index (χ0n) is 18.4. The number of hydrogen-bond donors (Lipinski definition) is 3. The Labute approximate surface area is 203 Å². The van der Waals surface area contributed by atoms with E-state index in [0.717, 1.165) is 43.4 Å². The van der Waals surface area contributed by atoms with E-state index >= 15 is 0 Å². The zero-order chi connectivity index (χ0) is 21.1. The fourth-order valence-electron chi connectivity index (χ4n) is 3.82. The zero-order valence-corrected chi connectivity index (χ0v) is 21.4. The number of carbonyl (C=O) groups excluding carboxylic acids is 1. The number of carbonyl (C=O) groups is 1. The summed E-state index contributed by atoms with van der Waals surface area (Å²) < 4.78 is 5.58. The number of nitrogens with one attached hydrogen (secondary N) is 3. The van der Waals surface area contributed by atoms with Gasteiger partial charge in [0.15, 0.2) is 5.96 Å². The minimum atomic E-state index is -0.0534. The Kier molecular flexibility index (Phi) is 12.7. The molecule has 1 aromatic carbocycles. The van der Waals surface area contributed by atoms with Crippen LogP contribution in [0.5, 0.6) is 0 Å². The summed E-state index contributed by atoms with van der Waals surface area (Å²) in [6.45, 7) is 6.91. The van der Waals surface area contributed by atoms with Crippen LogP contribution in [0.25, 0.3) is 0 Å². The Bertz CT molecular complexity index is 694. The summed E-state index contributed by atoms with van der Waals surface area (Å²) in [5.74, 6) is 0.682. The first-order chi connectivity index (χ1) is 14.0. The van der Waals surface area contributed by atoms with Gasteiger partial charge in [0.1, 0.15) is 0 Å². The molecule has 1 saturated carbocycles. The van der Waals surface area contributed by atoms with Crippen LogP contribution in [0.2, 0.25) is 5.02 Å². The van der Waals surface area contributed by atoms with Crippen molar-refractivity contribution in [1.29, 1.82) is 0 Å². The lowest BCUT2D eigenvalue weighted by Gasteiger charge is -2.30. The maximum absolute atomic E-state index is 12.2. The number of anilines is 1. The molecule has 0 unspecified atom stereocenters. The van der Waals surface area contributed by atoms with Gasteiger partial charge in [-0.2, -0.15) is 0 Å². The van der Waals surface area contributed by atoms with Crippen LogP contribution < -0.4 is 16.0 Å². The van der Waals surface area contributed by atoms with Gasteiger partial charge in [-0.15, -0.1) is 24.0 Å². The van der Waals surface area contributed by atoms with E-state index < -0.39 is 0 Å². The molecule has 1 aliphatic carbocycles. The third-order valence-corrected chi connectivity index (χ3v) is 6.10. The molecule has 0 spiro atoms. The molecule has 0 bridgehead atoms. The maximum Gasteiger partial charge on any atom is 0.226 e. The number of hydrogen-bond acceptors (Lipinski definition) is 3. The van der Waals surface area contributed by atoms with E-state index in [1.807, 2.05) is 32.0 Å². The molecule has 2 rings (SSSR count). The minimum Gasteiger partial charge on any atom is -0.382 e. The maximum atomic E-state index is 12.2. The average Bonchev–Trinajstić information content (AvgIpc) is 3.17. The molecule has 0 radical (unpaired) electrons. The molecule has 1 aromatic rings. The quantitative estimate of drug-likeness (QED) is 0.170. The molecular weight excluding hydrogens is 515 g/mol. The summed E-state index contributed by atoms with van der Waals surface area (Å²) in [6, 6.07) is 5.50. The van der Waals surface area contributed by atoms with Gasteiger partial charge in [0, 0.05) is 50.5 Å². The summed E-state index contributed by atoms with van der Waals surface area (Å²) in [5, 5.41) is 10.3. The highest BCUT2D eigenvalue weighted by atomic mass is 127. The van der Waals surface area contributed by atoms with Crippen molar-refractivity contribution in [2.24, 2.45) is 10.4 Å². The third-order valence-electron chi connectivity index (χ3n) is 5.69. The van der Waals surface area contributed by atoms with E-state index in [0.29, 0.717) is 18.0 Å². The largest absolute Gasteiger partial charge is 0.382 e. The van der Waals surface area contributed by atoms with Gasteiger partial charge in [0.25, 0.3) is 0 Å². The van der Waals surface area contributed by atoms with Crippen LogP contribution in [0, 0.1) is 12.3 Å². The number of rotatable bonds is 10. The Morgan fingerprint density at radius 2 is 2.00 bits per heavy atom. The SMILES string of the molecule is CCOCCC1(CNC(=NC)NCCC(=O)Nc2cccc(Cl)c2C)CCCC1.I. The summed E-state index contributed by atoms with van der Waals surface area (Å²) in [6.07, 6.45) is 6.44. The standard InChI is InChI=1S/C22H35ClN4O2.HI/c1-4-29-15-13-22(11-5-6-12-22)16-26-21(24-3)25-14-10-20(28)27-19-9-7-8-18(23)17(19)2;/h7-9H,4-6,10-16H2,1-3H3,(H,27,28)(H2,24,25,26);1H. The molecule has 0 heterocycles. The first-order valence-corrected chi connectivity index (χ1v) is 10.9. The molecule has 0 atom stereocenters. The molecule has 0 aliphatic heterocycles. The number of amides is 1. The number of benzene rings is 1. The van der Waals surface area contributed by atoms with Crippen molar-refractivity contribution in [3.63, 3.8) is 0 Å². The molecule has 1 amide bonds. The lowest BCUT2D eigenvalue weighted by atomic mass is 9.83. The predicted molar refractivity (Wildman–Crippen MR) is 136 cm³/mol. The van der Waals surface area contributed by atoms with E-state index in [4.69, 9.17) is 16.3 Å². The second kappa shape index (κ2) is 14.1. The van der Waals surface area contributed by atoms with E-state index in [-0.39, 0.29) is 35.3 Å². The van der Waals surface area contributed by atoms with E-state index in [2.05, 4.69) is 20.9 Å². The Morgan fingerprint density at radius 1 is 1.27 bits per heavy atom. The number of nitrogens with zero attached hydrogens (tertiary/aromatic N) is 1. The van der Waals surface area contributed by atoms with Crippen molar-refractivity contribution in [2.45, 2.75) is 52.4 Å². The van der Waals surface area contributed by atoms with Crippen molar-refractivity contribution >= 4 is 53.1 Å². The molecular formula is C22H36ClIN4O2. The minimum absolute atomic E-state index is 0. The Hall–Kier alpha value is -1.06. The van der Waals surface area contributed by atoms with Crippen LogP contribution in [0.1, 0.15) is 51.0 Å². The van der Waals surface area contributed by atoms with Crippen molar-refractivity contribution in [3.05, 3.63) is 28.8 Å². The van der Waals surface area contributed by atoms with Crippen LogP contribution in [-0.4, -0.2) is 45.2 Å². The molecule has 6 nitrogen and oxygen atoms in total. The van der Waals surface area contributed by atoms with Crippen LogP contribution in [0.15, 0.2) is 23.2 Å². The Balaban J connectivity index is 0.00000450. The lowest BCUT2D eigenvalue weighted by Crippen LogP contribution is -2.44. The van der Waals surface area contributed by atoms with Crippen molar-refractivity contribution in [2.75, 3.05) is 38.7 Å². The summed E-state index contributed by atoms with van der Waals surface area (Å²) in [4.78, 5) is 16.5. The Morgan fingerprint density at radius 3 is 2.67 bits per heavy atom. The fourth-order valence-corrected chi connectivity index (χ4v) is 3.99. The molecule has 1 fully saturated rings. The first-order valence-electron chi connectivity index (χ1n) is 10.6. The molecule has 170 valence electrons. The predicted octanol–water partition coefficient (Wildman–Crippen LogP) is 4.75. The van der Waals surface area contributed by atoms with Gasteiger partial charge in [-0.25, -0.2) is 0 Å². The van der Waals surface area contributed by atoms with E-state index in [1.54, 1.807) is 7.05 Å². The molecule has 0 aromatic heterocycles. The van der Waals surface area contributed by atoms with Crippen molar-refractivity contribution < 1.29 is 9.53 Å². The van der Waals surface area contributed by atoms with Gasteiger partial charge in [0.2, 0.25) is 5.91 Å². The van der Waals surface area contributed by atoms with Crippen molar-refractivity contribution in [3.8, 4) is 0 Å². The fraction of sp³-hybridized carbons (Fsp3) is 0.636. The van der Waals surface area contributed by atoms with Crippen LogP contribution in [0.3, 0.4) is 0 Å². The molecule has 0 saturated heterocycles. The summed E-state index contributed by atoms with van der Waals surface area (Å²) in [7, 11) is 1.76. The van der Waals surface area contributed by atoms with E-state index in [9.17, 15) is 4.79 Å². The molecule has 30 heavy (non-hydrogen) atoms. The smallest absolute Gasteiger partial charge is 0.226 e. The lowest BCUT2D eigenvalue weighted by molar-refractivity contribution is -0.116. The highest BCUT2D eigenvalue weighted by Gasteiger charge is 2.33. The topological polar surface area (TPSA) is 74.8 Å². The molecule has 3 N–H and O–H groups in total. The monoisotopic (exact) mass is 550 g/mol.